The van der Waals surface area contributed by atoms with Crippen LogP contribution in [-0.4, -0.2) is 38.5 Å². The topological polar surface area (TPSA) is 108 Å². The number of imidazole rings is 2. The minimum absolute atomic E-state index is 0.147. The first-order valence-electron chi connectivity index (χ1n) is 9.55. The lowest BCUT2D eigenvalue weighted by Crippen LogP contribution is -2.27. The van der Waals surface area contributed by atoms with Crippen molar-refractivity contribution in [3.8, 4) is 0 Å². The first kappa shape index (κ1) is 20.0. The number of rotatable bonds is 10. The minimum atomic E-state index is -0.274. The van der Waals surface area contributed by atoms with E-state index in [1.165, 1.54) is 0 Å². The Labute approximate surface area is 167 Å². The number of hydrogen-bond donors (Lipinski definition) is 4. The molecule has 0 aliphatic heterocycles. The average Bonchev–Trinajstić information content (AvgIpc) is 3.21. The van der Waals surface area contributed by atoms with Gasteiger partial charge in [0.15, 0.2) is 5.82 Å². The molecule has 3 rings (SSSR count). The number of H-pyrrole nitrogens is 2. The Morgan fingerprint density at radius 1 is 1.18 bits per heavy atom. The van der Waals surface area contributed by atoms with E-state index in [0.717, 1.165) is 36.8 Å². The zero-order chi connectivity index (χ0) is 19.9. The molecule has 0 radical (unpaired) electrons. The van der Waals surface area contributed by atoms with E-state index in [2.05, 4.69) is 32.5 Å². The van der Waals surface area contributed by atoms with Crippen molar-refractivity contribution in [3.05, 3.63) is 45.7 Å². The van der Waals surface area contributed by atoms with Gasteiger partial charge < -0.3 is 20.6 Å². The minimum Gasteiger partial charge on any atom is -0.368 e. The van der Waals surface area contributed by atoms with Gasteiger partial charge in [0.2, 0.25) is 5.28 Å². The number of aromatic nitrogens is 4. The third-order valence-electron chi connectivity index (χ3n) is 4.50. The second kappa shape index (κ2) is 9.45. The highest BCUT2D eigenvalue weighted by molar-refractivity contribution is 6.28. The van der Waals surface area contributed by atoms with Crippen molar-refractivity contribution in [2.75, 3.05) is 18.4 Å². The van der Waals surface area contributed by atoms with Gasteiger partial charge in [0.25, 0.3) is 5.91 Å². The molecule has 0 saturated heterocycles. The van der Waals surface area contributed by atoms with Gasteiger partial charge in [-0.15, -0.1) is 0 Å². The summed E-state index contributed by atoms with van der Waals surface area (Å²) in [5.41, 5.74) is 1.84. The Kier molecular flexibility index (Phi) is 6.76. The van der Waals surface area contributed by atoms with E-state index in [4.69, 9.17) is 11.6 Å². The Hall–Kier alpha value is -2.74. The number of nitrogens with zero attached hydrogens (tertiary/aromatic N) is 2. The summed E-state index contributed by atoms with van der Waals surface area (Å²) in [6.07, 6.45) is 3.85. The zero-order valence-electron chi connectivity index (χ0n) is 15.8. The summed E-state index contributed by atoms with van der Waals surface area (Å²) in [7, 11) is 0. The van der Waals surface area contributed by atoms with Crippen LogP contribution in [0.1, 0.15) is 43.1 Å². The highest BCUT2D eigenvalue weighted by atomic mass is 35.5. The lowest BCUT2D eigenvalue weighted by atomic mass is 10.2. The van der Waals surface area contributed by atoms with Crippen molar-refractivity contribution in [2.24, 2.45) is 0 Å². The summed E-state index contributed by atoms with van der Waals surface area (Å²) in [6.45, 7) is 3.80. The van der Waals surface area contributed by atoms with Gasteiger partial charge in [0, 0.05) is 19.6 Å². The molecule has 0 unspecified atom stereocenters. The lowest BCUT2D eigenvalue weighted by Gasteiger charge is -2.08. The Balaban J connectivity index is 1.53. The van der Waals surface area contributed by atoms with Gasteiger partial charge in [-0.1, -0.05) is 31.9 Å². The van der Waals surface area contributed by atoms with Crippen LogP contribution in [0.2, 0.25) is 5.28 Å². The van der Waals surface area contributed by atoms with Crippen molar-refractivity contribution in [1.29, 1.82) is 0 Å². The molecule has 0 atom stereocenters. The van der Waals surface area contributed by atoms with Crippen molar-refractivity contribution in [3.63, 3.8) is 0 Å². The Morgan fingerprint density at radius 2 is 2.00 bits per heavy atom. The smallest absolute Gasteiger partial charge is 0.326 e. The van der Waals surface area contributed by atoms with Gasteiger partial charge >= 0.3 is 5.69 Å². The molecule has 28 heavy (non-hydrogen) atoms. The molecule has 9 heteroatoms. The quantitative estimate of drug-likeness (QED) is 0.389. The van der Waals surface area contributed by atoms with Gasteiger partial charge in [0.1, 0.15) is 5.69 Å². The molecule has 0 spiro atoms. The summed E-state index contributed by atoms with van der Waals surface area (Å²) in [4.78, 5) is 34.3. The molecule has 1 aromatic carbocycles. The summed E-state index contributed by atoms with van der Waals surface area (Å²) in [6, 6.07) is 7.54. The first-order valence-corrected chi connectivity index (χ1v) is 9.93. The summed E-state index contributed by atoms with van der Waals surface area (Å²) >= 11 is 5.92. The van der Waals surface area contributed by atoms with E-state index in [9.17, 15) is 9.59 Å². The number of hydrogen-bond acceptors (Lipinski definition) is 4. The monoisotopic (exact) mass is 404 g/mol. The molecule has 4 N–H and O–H groups in total. The number of aryl methyl sites for hydroxylation is 1. The third kappa shape index (κ3) is 4.75. The van der Waals surface area contributed by atoms with Crippen molar-refractivity contribution >= 4 is 34.4 Å². The SMILES string of the molecule is CCCCCNc1nc(Cl)[nH]c1C(=O)NCCCn1c(=O)[nH]c2ccccc21. The van der Waals surface area contributed by atoms with Crippen LogP contribution in [0.3, 0.4) is 0 Å². The number of anilines is 1. The molecule has 0 saturated carbocycles. The van der Waals surface area contributed by atoms with Gasteiger partial charge in [0.05, 0.1) is 11.0 Å². The largest absolute Gasteiger partial charge is 0.368 e. The van der Waals surface area contributed by atoms with E-state index in [0.29, 0.717) is 31.0 Å². The van der Waals surface area contributed by atoms with Crippen LogP contribution < -0.4 is 16.3 Å². The molecule has 2 aromatic heterocycles. The molecule has 150 valence electrons. The average molecular weight is 405 g/mol. The van der Waals surface area contributed by atoms with Crippen LogP contribution in [-0.2, 0) is 6.54 Å². The molecule has 0 aliphatic rings. The maximum atomic E-state index is 12.5. The molecule has 0 bridgehead atoms. The normalized spacial score (nSPS) is 11.1. The number of fused-ring (bicyclic) bond motifs is 1. The fourth-order valence-corrected chi connectivity index (χ4v) is 3.25. The number of amides is 1. The number of carbonyl (C=O) groups excluding carboxylic acids is 1. The molecule has 1 amide bonds. The van der Waals surface area contributed by atoms with Crippen LogP contribution in [0.5, 0.6) is 0 Å². The third-order valence-corrected chi connectivity index (χ3v) is 4.68. The van der Waals surface area contributed by atoms with Crippen molar-refractivity contribution in [1.82, 2.24) is 24.8 Å². The molecular weight excluding hydrogens is 380 g/mol. The molecule has 3 aromatic rings. The molecule has 8 nitrogen and oxygen atoms in total. The molecule has 0 fully saturated rings. The Bertz CT molecular complexity index is 990. The number of nitrogens with one attached hydrogen (secondary N) is 4. The summed E-state index contributed by atoms with van der Waals surface area (Å²) < 4.78 is 1.68. The van der Waals surface area contributed by atoms with E-state index >= 15 is 0 Å². The van der Waals surface area contributed by atoms with Crippen LogP contribution in [0.25, 0.3) is 11.0 Å². The maximum absolute atomic E-state index is 12.5. The Morgan fingerprint density at radius 3 is 2.82 bits per heavy atom. The second-order valence-electron chi connectivity index (χ2n) is 6.59. The van der Waals surface area contributed by atoms with Crippen LogP contribution in [0.4, 0.5) is 5.82 Å². The highest BCUT2D eigenvalue weighted by Crippen LogP contribution is 2.16. The predicted molar refractivity (Wildman–Crippen MR) is 111 cm³/mol. The van der Waals surface area contributed by atoms with Crippen LogP contribution in [0.15, 0.2) is 29.1 Å². The number of para-hydroxylation sites is 2. The first-order chi connectivity index (χ1) is 13.6. The van der Waals surface area contributed by atoms with Gasteiger partial charge in [-0.2, -0.15) is 0 Å². The summed E-state index contributed by atoms with van der Waals surface area (Å²) in [5, 5.41) is 6.18. The van der Waals surface area contributed by atoms with Crippen molar-refractivity contribution in [2.45, 2.75) is 39.2 Å². The second-order valence-corrected chi connectivity index (χ2v) is 6.95. The number of benzene rings is 1. The molecular formula is C19H25ClN6O2. The highest BCUT2D eigenvalue weighted by Gasteiger charge is 2.16. The van der Waals surface area contributed by atoms with Crippen LogP contribution >= 0.6 is 11.6 Å². The predicted octanol–water partition coefficient (Wildman–Crippen LogP) is 3.13. The van der Waals surface area contributed by atoms with E-state index in [1.54, 1.807) is 4.57 Å². The fraction of sp³-hybridized carbons (Fsp3) is 0.421. The fourth-order valence-electron chi connectivity index (χ4n) is 3.07. The molecule has 2 heterocycles. The summed E-state index contributed by atoms with van der Waals surface area (Å²) in [5.74, 6) is 0.190. The number of carbonyl (C=O) groups is 1. The maximum Gasteiger partial charge on any atom is 0.326 e. The zero-order valence-corrected chi connectivity index (χ0v) is 16.6. The standard InChI is InChI=1S/C19H25ClN6O2/c1-2-3-6-10-21-16-15(24-18(20)25-16)17(27)22-11-7-12-26-14-9-5-4-8-13(14)23-19(26)28/h4-5,8-9,21H,2-3,6-7,10-12H2,1H3,(H,22,27)(H,23,28)(H,24,25). The van der Waals surface area contributed by atoms with Gasteiger partial charge in [-0.25, -0.2) is 9.78 Å². The van der Waals surface area contributed by atoms with E-state index in [1.807, 2.05) is 24.3 Å². The molecule has 0 aliphatic carbocycles. The number of unbranched alkanes of at least 4 members (excludes halogenated alkanes) is 2. The van der Waals surface area contributed by atoms with E-state index < -0.39 is 0 Å². The van der Waals surface area contributed by atoms with Crippen molar-refractivity contribution < 1.29 is 4.79 Å². The lowest BCUT2D eigenvalue weighted by molar-refractivity contribution is 0.0949. The van der Waals surface area contributed by atoms with E-state index in [-0.39, 0.29) is 16.9 Å². The van der Waals surface area contributed by atoms with Gasteiger partial charge in [-0.3, -0.25) is 9.36 Å². The van der Waals surface area contributed by atoms with Crippen LogP contribution in [0, 0.1) is 0 Å². The van der Waals surface area contributed by atoms with Gasteiger partial charge in [-0.05, 0) is 36.6 Å². The number of halogens is 1. The number of aromatic amines is 2.